The number of carboxylic acid groups (broad SMARTS) is 1. The average Bonchev–Trinajstić information content (AvgIpc) is 2.47. The van der Waals surface area contributed by atoms with Gasteiger partial charge in [0.2, 0.25) is 0 Å². The number of aromatic nitrogens is 1. The monoisotopic (exact) mass is 295 g/mol. The Morgan fingerprint density at radius 2 is 2.43 bits per heavy atom. The van der Waals surface area contributed by atoms with E-state index in [-0.39, 0.29) is 5.56 Å². The summed E-state index contributed by atoms with van der Waals surface area (Å²) >= 11 is 0. The molecule has 0 amide bonds. The molecule has 0 spiro atoms. The molecular weight excluding hydrogens is 278 g/mol. The third-order valence-electron chi connectivity index (χ3n) is 3.54. The van der Waals surface area contributed by atoms with E-state index in [0.717, 1.165) is 25.6 Å². The van der Waals surface area contributed by atoms with Crippen LogP contribution in [0.1, 0.15) is 23.2 Å². The molecule has 1 saturated heterocycles. The molecule has 1 aliphatic rings. The van der Waals surface area contributed by atoms with E-state index in [1.165, 1.54) is 6.07 Å². The topological polar surface area (TPSA) is 106 Å². The van der Waals surface area contributed by atoms with Crippen LogP contribution in [0.2, 0.25) is 0 Å². The molecule has 8 heteroatoms. The van der Waals surface area contributed by atoms with E-state index < -0.39 is 16.6 Å². The first-order valence-electron chi connectivity index (χ1n) is 6.64. The van der Waals surface area contributed by atoms with Gasteiger partial charge in [0.1, 0.15) is 17.6 Å². The number of carbonyl (C=O) groups is 1. The van der Waals surface area contributed by atoms with Crippen LogP contribution in [0.4, 0.5) is 11.5 Å². The predicted molar refractivity (Wildman–Crippen MR) is 74.7 cm³/mol. The Kier molecular flexibility index (Phi) is 4.69. The molecule has 0 saturated carbocycles. The van der Waals surface area contributed by atoms with Crippen LogP contribution in [0.5, 0.6) is 0 Å². The summed E-state index contributed by atoms with van der Waals surface area (Å²) in [6.45, 7) is 2.09. The highest BCUT2D eigenvalue weighted by Gasteiger charge is 2.25. The fourth-order valence-electron chi connectivity index (χ4n) is 2.57. The lowest BCUT2D eigenvalue weighted by atomic mass is 9.99. The number of rotatable bonds is 5. The Morgan fingerprint density at radius 3 is 3.05 bits per heavy atom. The van der Waals surface area contributed by atoms with Crippen LogP contribution in [-0.2, 0) is 4.74 Å². The van der Waals surface area contributed by atoms with Gasteiger partial charge in [-0.3, -0.25) is 10.1 Å². The van der Waals surface area contributed by atoms with Gasteiger partial charge in [0.05, 0.1) is 11.5 Å². The van der Waals surface area contributed by atoms with Gasteiger partial charge in [-0.05, 0) is 18.8 Å². The molecule has 0 bridgehead atoms. The van der Waals surface area contributed by atoms with Crippen molar-refractivity contribution in [3.63, 3.8) is 0 Å². The van der Waals surface area contributed by atoms with Crippen molar-refractivity contribution in [3.8, 4) is 0 Å². The highest BCUT2D eigenvalue weighted by atomic mass is 16.6. The number of hydrogen-bond acceptors (Lipinski definition) is 6. The quantitative estimate of drug-likeness (QED) is 0.648. The molecule has 0 aromatic carbocycles. The van der Waals surface area contributed by atoms with Gasteiger partial charge < -0.3 is 14.7 Å². The summed E-state index contributed by atoms with van der Waals surface area (Å²) in [7, 11) is 1.64. The van der Waals surface area contributed by atoms with Gasteiger partial charge in [0.15, 0.2) is 0 Å². The second-order valence-corrected chi connectivity index (χ2v) is 5.03. The molecule has 1 aliphatic heterocycles. The number of ether oxygens (including phenoxy) is 1. The lowest BCUT2D eigenvalue weighted by Gasteiger charge is -2.33. The van der Waals surface area contributed by atoms with Crippen LogP contribution in [-0.4, -0.2) is 47.8 Å². The van der Waals surface area contributed by atoms with Crippen molar-refractivity contribution in [1.82, 2.24) is 4.98 Å². The number of carboxylic acids is 1. The zero-order valence-electron chi connectivity index (χ0n) is 11.7. The van der Waals surface area contributed by atoms with E-state index in [0.29, 0.717) is 24.9 Å². The summed E-state index contributed by atoms with van der Waals surface area (Å²) in [6.07, 6.45) is 3.01. The van der Waals surface area contributed by atoms with E-state index in [2.05, 4.69) is 4.98 Å². The number of pyridine rings is 1. The van der Waals surface area contributed by atoms with Gasteiger partial charge >= 0.3 is 11.7 Å². The Morgan fingerprint density at radius 1 is 1.67 bits per heavy atom. The number of methoxy groups -OCH3 is 1. The second-order valence-electron chi connectivity index (χ2n) is 5.03. The van der Waals surface area contributed by atoms with Gasteiger partial charge in [-0.25, -0.2) is 9.78 Å². The van der Waals surface area contributed by atoms with Crippen molar-refractivity contribution in [2.45, 2.75) is 12.8 Å². The summed E-state index contributed by atoms with van der Waals surface area (Å²) in [5, 5.41) is 19.9. The van der Waals surface area contributed by atoms with Crippen molar-refractivity contribution >= 4 is 17.5 Å². The lowest BCUT2D eigenvalue weighted by Crippen LogP contribution is -2.37. The number of hydrogen-bond donors (Lipinski definition) is 1. The van der Waals surface area contributed by atoms with Crippen molar-refractivity contribution in [3.05, 3.63) is 27.9 Å². The highest BCUT2D eigenvalue weighted by Crippen LogP contribution is 2.26. The summed E-state index contributed by atoms with van der Waals surface area (Å²) in [6, 6.07) is 1.27. The molecule has 1 aromatic rings. The smallest absolute Gasteiger partial charge is 0.342 e. The number of piperidine rings is 1. The summed E-state index contributed by atoms with van der Waals surface area (Å²) in [5.41, 5.74) is -0.824. The lowest BCUT2D eigenvalue weighted by molar-refractivity contribution is -0.385. The number of aromatic carboxylic acids is 1. The fourth-order valence-corrected chi connectivity index (χ4v) is 2.57. The molecule has 21 heavy (non-hydrogen) atoms. The molecule has 2 rings (SSSR count). The first-order valence-corrected chi connectivity index (χ1v) is 6.64. The third kappa shape index (κ3) is 3.46. The molecule has 0 aliphatic carbocycles. The Balaban J connectivity index is 2.25. The van der Waals surface area contributed by atoms with Crippen molar-refractivity contribution < 1.29 is 19.6 Å². The maximum Gasteiger partial charge on any atom is 0.342 e. The van der Waals surface area contributed by atoms with Crippen LogP contribution in [0.25, 0.3) is 0 Å². The molecule has 1 unspecified atom stereocenters. The van der Waals surface area contributed by atoms with Crippen LogP contribution in [0.15, 0.2) is 12.3 Å². The van der Waals surface area contributed by atoms with E-state index in [1.54, 1.807) is 7.11 Å². The Labute approximate surface area is 121 Å². The van der Waals surface area contributed by atoms with E-state index >= 15 is 0 Å². The maximum absolute atomic E-state index is 11.2. The van der Waals surface area contributed by atoms with Crippen LogP contribution in [0, 0.1) is 16.0 Å². The first kappa shape index (κ1) is 15.2. The fraction of sp³-hybridized carbons (Fsp3) is 0.538. The van der Waals surface area contributed by atoms with Crippen molar-refractivity contribution in [1.29, 1.82) is 0 Å². The largest absolute Gasteiger partial charge is 0.477 e. The third-order valence-corrected chi connectivity index (χ3v) is 3.54. The van der Waals surface area contributed by atoms with Gasteiger partial charge in [0.25, 0.3) is 0 Å². The Bertz CT molecular complexity index is 547. The summed E-state index contributed by atoms with van der Waals surface area (Å²) in [5.74, 6) is -0.511. The molecule has 1 fully saturated rings. The van der Waals surface area contributed by atoms with Crippen molar-refractivity contribution in [2.75, 3.05) is 31.7 Å². The second kappa shape index (κ2) is 6.49. The molecule has 114 valence electrons. The molecule has 1 aromatic heterocycles. The van der Waals surface area contributed by atoms with Gasteiger partial charge in [-0.2, -0.15) is 0 Å². The van der Waals surface area contributed by atoms with Crippen LogP contribution >= 0.6 is 0 Å². The maximum atomic E-state index is 11.2. The minimum absolute atomic E-state index is 0.334. The minimum Gasteiger partial charge on any atom is -0.477 e. The first-order chi connectivity index (χ1) is 10.0. The van der Waals surface area contributed by atoms with Gasteiger partial charge in [-0.1, -0.05) is 0 Å². The van der Waals surface area contributed by atoms with E-state index in [9.17, 15) is 14.9 Å². The predicted octanol–water partition coefficient (Wildman–Crippen LogP) is 1.55. The van der Waals surface area contributed by atoms with Gasteiger partial charge in [0, 0.05) is 26.3 Å². The average molecular weight is 295 g/mol. The number of nitro groups is 1. The molecule has 8 nitrogen and oxygen atoms in total. The standard InChI is InChI=1S/C13H17N3O5/c1-21-8-9-3-2-4-15(7-9)12-5-10(13(17)18)11(6-14-12)16(19)20/h5-6,9H,2-4,7-8H2,1H3,(H,17,18). The molecule has 1 atom stereocenters. The van der Waals surface area contributed by atoms with Gasteiger partial charge in [-0.15, -0.1) is 0 Å². The van der Waals surface area contributed by atoms with E-state index in [1.807, 2.05) is 4.90 Å². The van der Waals surface area contributed by atoms with E-state index in [4.69, 9.17) is 9.84 Å². The normalized spacial score (nSPS) is 18.5. The molecule has 1 N–H and O–H groups in total. The zero-order chi connectivity index (χ0) is 15.4. The molecule has 2 heterocycles. The molecular formula is C13H17N3O5. The number of nitrogens with zero attached hydrogens (tertiary/aromatic N) is 3. The number of anilines is 1. The summed E-state index contributed by atoms with van der Waals surface area (Å²) < 4.78 is 5.15. The van der Waals surface area contributed by atoms with Crippen LogP contribution < -0.4 is 4.90 Å². The zero-order valence-corrected chi connectivity index (χ0v) is 11.7. The summed E-state index contributed by atoms with van der Waals surface area (Å²) in [4.78, 5) is 27.2. The molecule has 0 radical (unpaired) electrons. The SMILES string of the molecule is COCC1CCCN(c2cc(C(=O)O)c([N+](=O)[O-])cn2)C1. The highest BCUT2D eigenvalue weighted by molar-refractivity contribution is 5.93. The minimum atomic E-state index is -1.32. The van der Waals surface area contributed by atoms with Crippen LogP contribution in [0.3, 0.4) is 0 Å². The van der Waals surface area contributed by atoms with Crippen molar-refractivity contribution in [2.24, 2.45) is 5.92 Å². The Hall–Kier alpha value is -2.22.